The molecule has 0 saturated heterocycles. The van der Waals surface area contributed by atoms with Crippen LogP contribution in [0.25, 0.3) is 11.0 Å². The molecule has 0 amide bonds. The van der Waals surface area contributed by atoms with E-state index < -0.39 is 5.97 Å². The van der Waals surface area contributed by atoms with Gasteiger partial charge in [-0.3, -0.25) is 0 Å². The third-order valence-electron chi connectivity index (χ3n) is 2.00. The van der Waals surface area contributed by atoms with Crippen molar-refractivity contribution in [3.63, 3.8) is 0 Å². The first kappa shape index (κ1) is 8.62. The fourth-order valence-corrected chi connectivity index (χ4v) is 1.30. The van der Waals surface area contributed by atoms with Gasteiger partial charge in [-0.1, -0.05) is 0 Å². The fourth-order valence-electron chi connectivity index (χ4n) is 1.30. The van der Waals surface area contributed by atoms with Gasteiger partial charge in [0.05, 0.1) is 5.97 Å². The van der Waals surface area contributed by atoms with Crippen LogP contribution in [0.15, 0.2) is 24.4 Å². The Bertz CT molecular complexity index is 508. The summed E-state index contributed by atoms with van der Waals surface area (Å²) in [7, 11) is 0. The summed E-state index contributed by atoms with van der Waals surface area (Å²) in [5.74, 6) is -1.21. The fraction of sp³-hybridized carbons (Fsp3) is 0.100. The number of hydrogen-bond acceptors (Lipinski definition) is 4. The van der Waals surface area contributed by atoms with E-state index in [9.17, 15) is 9.90 Å². The van der Waals surface area contributed by atoms with Crippen LogP contribution in [0.2, 0.25) is 0 Å². The maximum absolute atomic E-state index is 10.7. The number of carboxylic acid groups (broad SMARTS) is 1. The van der Waals surface area contributed by atoms with Gasteiger partial charge in [-0.15, -0.1) is 0 Å². The quantitative estimate of drug-likeness (QED) is 0.644. The molecule has 0 radical (unpaired) electrons. The molecule has 0 aliphatic rings. The molecule has 0 spiro atoms. The highest BCUT2D eigenvalue weighted by atomic mass is 16.4. The number of rotatable bonds is 1. The highest BCUT2D eigenvalue weighted by Crippen LogP contribution is 2.13. The molecule has 4 nitrogen and oxygen atoms in total. The molecule has 2 heterocycles. The second-order valence-electron chi connectivity index (χ2n) is 2.96. The summed E-state index contributed by atoms with van der Waals surface area (Å²) in [6.07, 6.45) is 1.62. The van der Waals surface area contributed by atoms with Gasteiger partial charge < -0.3 is 9.90 Å². The third-order valence-corrected chi connectivity index (χ3v) is 2.00. The Hall–Kier alpha value is -1.97. The van der Waals surface area contributed by atoms with Gasteiger partial charge in [0.15, 0.2) is 5.65 Å². The molecule has 0 bridgehead atoms. The Labute approximate surface area is 80.2 Å². The highest BCUT2D eigenvalue weighted by Gasteiger charge is 2.03. The van der Waals surface area contributed by atoms with E-state index in [1.807, 2.05) is 0 Å². The smallest absolute Gasteiger partial charge is 0.159 e. The van der Waals surface area contributed by atoms with Crippen molar-refractivity contribution < 1.29 is 9.90 Å². The van der Waals surface area contributed by atoms with E-state index in [0.29, 0.717) is 16.7 Å². The molecule has 0 aromatic carbocycles. The van der Waals surface area contributed by atoms with E-state index >= 15 is 0 Å². The molecular formula is C10H7N2O2-. The van der Waals surface area contributed by atoms with E-state index in [0.717, 1.165) is 0 Å². The second-order valence-corrected chi connectivity index (χ2v) is 2.96. The molecule has 2 aromatic rings. The second kappa shape index (κ2) is 3.06. The van der Waals surface area contributed by atoms with E-state index in [1.54, 1.807) is 25.3 Å². The van der Waals surface area contributed by atoms with Crippen LogP contribution < -0.4 is 5.11 Å². The standard InChI is InChI=1S/C10H8N2O2/c1-6-8(10(13)14)5-7-3-2-4-11-9(7)12-6/h2-5H,1H3,(H,13,14)/p-1. The molecule has 0 aliphatic carbocycles. The Morgan fingerprint density at radius 3 is 3.00 bits per heavy atom. The van der Waals surface area contributed by atoms with E-state index in [1.165, 1.54) is 6.07 Å². The van der Waals surface area contributed by atoms with Crippen molar-refractivity contribution in [2.45, 2.75) is 6.92 Å². The van der Waals surface area contributed by atoms with E-state index in [2.05, 4.69) is 9.97 Å². The van der Waals surface area contributed by atoms with Crippen molar-refractivity contribution in [1.29, 1.82) is 0 Å². The van der Waals surface area contributed by atoms with Gasteiger partial charge in [0.25, 0.3) is 0 Å². The predicted octanol–water partition coefficient (Wildman–Crippen LogP) is 0.302. The highest BCUT2D eigenvalue weighted by molar-refractivity contribution is 5.91. The lowest BCUT2D eigenvalue weighted by molar-refractivity contribution is -0.255. The third kappa shape index (κ3) is 1.31. The first-order valence-electron chi connectivity index (χ1n) is 4.12. The number of fused-ring (bicyclic) bond motifs is 1. The summed E-state index contributed by atoms with van der Waals surface area (Å²) in [5.41, 5.74) is 1.09. The van der Waals surface area contributed by atoms with Crippen molar-refractivity contribution in [2.75, 3.05) is 0 Å². The minimum Gasteiger partial charge on any atom is -0.545 e. The molecule has 0 saturated carbocycles. The van der Waals surface area contributed by atoms with Crippen LogP contribution in [0, 0.1) is 6.92 Å². The Morgan fingerprint density at radius 1 is 1.50 bits per heavy atom. The van der Waals surface area contributed by atoms with Crippen LogP contribution in [0.5, 0.6) is 0 Å². The monoisotopic (exact) mass is 187 g/mol. The minimum absolute atomic E-state index is 0.116. The number of nitrogens with zero attached hydrogens (tertiary/aromatic N) is 2. The van der Waals surface area contributed by atoms with Crippen molar-refractivity contribution in [3.8, 4) is 0 Å². The normalized spacial score (nSPS) is 10.4. The lowest BCUT2D eigenvalue weighted by atomic mass is 10.1. The number of aromatic carboxylic acids is 1. The van der Waals surface area contributed by atoms with Crippen molar-refractivity contribution in [1.82, 2.24) is 9.97 Å². The Balaban J connectivity index is 2.77. The van der Waals surface area contributed by atoms with Gasteiger partial charge in [-0.05, 0) is 25.1 Å². The van der Waals surface area contributed by atoms with Gasteiger partial charge in [0.2, 0.25) is 0 Å². The topological polar surface area (TPSA) is 65.9 Å². The molecule has 2 aromatic heterocycles. The van der Waals surface area contributed by atoms with Crippen molar-refractivity contribution in [3.05, 3.63) is 35.7 Å². The lowest BCUT2D eigenvalue weighted by Crippen LogP contribution is -2.23. The zero-order valence-electron chi connectivity index (χ0n) is 7.52. The minimum atomic E-state index is -1.21. The van der Waals surface area contributed by atoms with Crippen LogP contribution in [-0.4, -0.2) is 15.9 Å². The zero-order valence-corrected chi connectivity index (χ0v) is 7.52. The van der Waals surface area contributed by atoms with Crippen LogP contribution in [0.3, 0.4) is 0 Å². The SMILES string of the molecule is Cc1nc2ncccc2cc1C(=O)[O-]. The number of aromatic nitrogens is 2. The maximum atomic E-state index is 10.7. The number of carbonyl (C=O) groups is 1. The largest absolute Gasteiger partial charge is 0.545 e. The zero-order chi connectivity index (χ0) is 10.1. The number of hydrogen-bond donors (Lipinski definition) is 0. The van der Waals surface area contributed by atoms with Crippen LogP contribution in [0.4, 0.5) is 0 Å². The molecule has 70 valence electrons. The van der Waals surface area contributed by atoms with Crippen LogP contribution >= 0.6 is 0 Å². The lowest BCUT2D eigenvalue weighted by Gasteiger charge is -2.06. The summed E-state index contributed by atoms with van der Waals surface area (Å²) in [6.45, 7) is 1.62. The molecule has 0 N–H and O–H groups in total. The Morgan fingerprint density at radius 2 is 2.29 bits per heavy atom. The molecule has 0 unspecified atom stereocenters. The summed E-state index contributed by atoms with van der Waals surface area (Å²) >= 11 is 0. The van der Waals surface area contributed by atoms with E-state index in [-0.39, 0.29) is 5.56 Å². The molecular weight excluding hydrogens is 180 g/mol. The van der Waals surface area contributed by atoms with Crippen LogP contribution in [-0.2, 0) is 0 Å². The van der Waals surface area contributed by atoms with Gasteiger partial charge in [0, 0.05) is 22.8 Å². The molecule has 0 fully saturated rings. The molecule has 0 aliphatic heterocycles. The predicted molar refractivity (Wildman–Crippen MR) is 48.6 cm³/mol. The first-order valence-corrected chi connectivity index (χ1v) is 4.12. The van der Waals surface area contributed by atoms with E-state index in [4.69, 9.17) is 0 Å². The average molecular weight is 187 g/mol. The maximum Gasteiger partial charge on any atom is 0.159 e. The number of carbonyl (C=O) groups excluding carboxylic acids is 1. The van der Waals surface area contributed by atoms with Gasteiger partial charge in [-0.25, -0.2) is 9.97 Å². The van der Waals surface area contributed by atoms with Crippen molar-refractivity contribution >= 4 is 17.0 Å². The molecule has 14 heavy (non-hydrogen) atoms. The summed E-state index contributed by atoms with van der Waals surface area (Å²) in [6, 6.07) is 5.03. The summed E-state index contributed by atoms with van der Waals surface area (Å²) in [5, 5.41) is 11.4. The van der Waals surface area contributed by atoms with Gasteiger partial charge in [0.1, 0.15) is 0 Å². The van der Waals surface area contributed by atoms with Gasteiger partial charge in [-0.2, -0.15) is 0 Å². The molecule has 0 atom stereocenters. The number of pyridine rings is 2. The Kier molecular flexibility index (Phi) is 1.89. The summed E-state index contributed by atoms with van der Waals surface area (Å²) in [4.78, 5) is 18.8. The summed E-state index contributed by atoms with van der Waals surface area (Å²) < 4.78 is 0. The number of carboxylic acids is 1. The number of aryl methyl sites for hydroxylation is 1. The molecule has 2 rings (SSSR count). The van der Waals surface area contributed by atoms with Gasteiger partial charge >= 0.3 is 0 Å². The average Bonchev–Trinajstić information content (AvgIpc) is 2.16. The first-order chi connectivity index (χ1) is 6.68. The van der Waals surface area contributed by atoms with Crippen LogP contribution in [0.1, 0.15) is 16.1 Å². The van der Waals surface area contributed by atoms with Crippen molar-refractivity contribution in [2.24, 2.45) is 0 Å². The molecule has 4 heteroatoms.